The molecule has 0 bridgehead atoms. The number of hydrogen-bond donors (Lipinski definition) is 2. The second-order valence-corrected chi connectivity index (χ2v) is 5.29. The molecule has 6 heteroatoms. The zero-order valence-electron chi connectivity index (χ0n) is 11.3. The van der Waals surface area contributed by atoms with Crippen molar-refractivity contribution < 1.29 is 41.1 Å². The first-order chi connectivity index (χ1) is 8.52. The molecule has 1 aliphatic carbocycles. The average molecular weight is 555 g/mol. The van der Waals surface area contributed by atoms with Crippen molar-refractivity contribution >= 4 is 15.9 Å². The Kier molecular flexibility index (Phi) is 10.7. The second kappa shape index (κ2) is 10.3. The number of ether oxygens (including phenoxy) is 1. The molecule has 0 atom stereocenters. The van der Waals surface area contributed by atoms with E-state index in [0.717, 1.165) is 6.61 Å². The van der Waals surface area contributed by atoms with E-state index in [1.165, 1.54) is 29.9 Å². The predicted molar refractivity (Wildman–Crippen MR) is 75.3 cm³/mol. The molecular weight excluding hydrogens is 534 g/mol. The summed E-state index contributed by atoms with van der Waals surface area (Å²) >= 11 is 3.50. The van der Waals surface area contributed by atoms with E-state index in [4.69, 9.17) is 9.94 Å². The van der Waals surface area contributed by atoms with Gasteiger partial charge < -0.3 is 4.74 Å². The van der Waals surface area contributed by atoms with Crippen LogP contribution in [0.4, 0.5) is 0 Å². The molecule has 1 saturated carbocycles. The van der Waals surface area contributed by atoms with E-state index in [1.807, 2.05) is 0 Å². The Morgan fingerprint density at radius 3 is 2.53 bits per heavy atom. The van der Waals surface area contributed by atoms with Crippen molar-refractivity contribution in [3.8, 4) is 0 Å². The van der Waals surface area contributed by atoms with Crippen molar-refractivity contribution in [3.05, 3.63) is 34.3 Å². The molecule has 0 aromatic heterocycles. The van der Waals surface area contributed by atoms with Crippen LogP contribution in [0.25, 0.3) is 0 Å². The van der Waals surface area contributed by atoms with Crippen LogP contribution in [0.1, 0.15) is 31.2 Å². The van der Waals surface area contributed by atoms with Crippen LogP contribution in [0, 0.1) is 31.1 Å². The zero-order chi connectivity index (χ0) is 13.5. The van der Waals surface area contributed by atoms with Gasteiger partial charge >= 0.3 is 0 Å². The van der Waals surface area contributed by atoms with E-state index in [9.17, 15) is 0 Å². The van der Waals surface area contributed by atoms with Gasteiger partial charge in [0.05, 0.1) is 6.10 Å². The summed E-state index contributed by atoms with van der Waals surface area (Å²) in [6, 6.07) is 8.60. The van der Waals surface area contributed by atoms with Crippen molar-refractivity contribution in [2.24, 2.45) is 5.84 Å². The molecule has 3 N–H and O–H groups in total. The Labute approximate surface area is 147 Å². The van der Waals surface area contributed by atoms with Gasteiger partial charge in [0.25, 0.3) is 0 Å². The maximum absolute atomic E-state index is 7.67. The van der Waals surface area contributed by atoms with Crippen LogP contribution < -0.4 is 5.84 Å². The van der Waals surface area contributed by atoms with Crippen LogP contribution in [0.3, 0.4) is 0 Å². The molecule has 4 nitrogen and oxygen atoms in total. The minimum atomic E-state index is 0. The summed E-state index contributed by atoms with van der Waals surface area (Å²) < 4.78 is 6.72. The molecule has 2 rings (SSSR count). The Bertz CT molecular complexity index is 357. The van der Waals surface area contributed by atoms with Crippen molar-refractivity contribution in [1.29, 1.82) is 0 Å². The van der Waals surface area contributed by atoms with Gasteiger partial charge in [-0.15, -0.1) is 5.17 Å². The number of rotatable bonds is 3. The number of nitrogens with two attached hydrogens (primary N) is 1. The van der Waals surface area contributed by atoms with E-state index in [1.54, 1.807) is 0 Å². The summed E-state index contributed by atoms with van der Waals surface area (Å²) in [6.45, 7) is 2.91. The predicted octanol–water partition coefficient (Wildman–Crippen LogP) is 2.91. The van der Waals surface area contributed by atoms with Crippen molar-refractivity contribution in [3.63, 3.8) is 0 Å². The molecule has 1 fully saturated rings. The van der Waals surface area contributed by atoms with Crippen LogP contribution in [-0.2, 0) is 4.74 Å². The van der Waals surface area contributed by atoms with Crippen LogP contribution in [0.15, 0.2) is 28.7 Å². The van der Waals surface area contributed by atoms with Crippen molar-refractivity contribution in [2.75, 3.05) is 13.7 Å². The van der Waals surface area contributed by atoms with Gasteiger partial charge in [0.15, 0.2) is 0 Å². The van der Waals surface area contributed by atoms with E-state index in [0.29, 0.717) is 17.2 Å². The number of nitrogens with zero attached hydrogens (tertiary/aromatic N) is 1. The number of hydroxylamine groups is 1. The summed E-state index contributed by atoms with van der Waals surface area (Å²) in [5.74, 6) is 5.21. The molecule has 19 heavy (non-hydrogen) atoms. The largest absolute Gasteiger partial charge is 0.378 e. The molecule has 0 spiro atoms. The van der Waals surface area contributed by atoms with Crippen LogP contribution >= 0.6 is 15.9 Å². The molecule has 0 heterocycles. The second-order valence-electron chi connectivity index (χ2n) is 4.37. The summed E-state index contributed by atoms with van der Waals surface area (Å²) in [5.41, 5.74) is 1.44. The first kappa shape index (κ1) is 19.6. The summed E-state index contributed by atoms with van der Waals surface area (Å²) in [5, 5.41) is 8.17. The average Bonchev–Trinajstić information content (AvgIpc) is 2.22. The van der Waals surface area contributed by atoms with E-state index >= 15 is 0 Å². The number of halogens is 1. The monoisotopic (exact) mass is 554 g/mol. The molecule has 1 aromatic rings. The van der Waals surface area contributed by atoms with Gasteiger partial charge in [0, 0.05) is 49.2 Å². The summed E-state index contributed by atoms with van der Waals surface area (Å²) in [7, 11) is 1.33. The van der Waals surface area contributed by atoms with Gasteiger partial charge in [0.2, 0.25) is 0 Å². The molecular formula is C13H21BrN2O2U. The van der Waals surface area contributed by atoms with Crippen LogP contribution in [-0.4, -0.2) is 30.1 Å². The van der Waals surface area contributed by atoms with Crippen molar-refractivity contribution in [2.45, 2.75) is 31.8 Å². The fourth-order valence-corrected chi connectivity index (χ4v) is 2.39. The fourth-order valence-electron chi connectivity index (χ4n) is 1.97. The third kappa shape index (κ3) is 7.81. The zero-order valence-corrected chi connectivity index (χ0v) is 17.1. The molecule has 0 amide bonds. The van der Waals surface area contributed by atoms with E-state index < -0.39 is 0 Å². The first-order valence-electron chi connectivity index (χ1n) is 6.07. The molecule has 0 aliphatic heterocycles. The quantitative estimate of drug-likeness (QED) is 0.445. The summed E-state index contributed by atoms with van der Waals surface area (Å²) in [4.78, 5) is 0. The third-order valence-electron chi connectivity index (χ3n) is 2.82. The number of hydrogen-bond acceptors (Lipinski definition) is 4. The third-order valence-corrected chi connectivity index (χ3v) is 3.31. The van der Waals surface area contributed by atoms with Crippen LogP contribution in [0.2, 0.25) is 0 Å². The summed E-state index contributed by atoms with van der Waals surface area (Å²) in [6.07, 6.45) is 2.87. The fraction of sp³-hybridized carbons (Fsp3) is 0.538. The molecule has 106 valence electrons. The molecule has 1 aliphatic rings. The number of benzene rings is 1. The van der Waals surface area contributed by atoms with Gasteiger partial charge in [-0.25, -0.2) is 5.84 Å². The van der Waals surface area contributed by atoms with Crippen LogP contribution in [0.5, 0.6) is 0 Å². The maximum atomic E-state index is 7.67. The maximum Gasteiger partial charge on any atom is 0.0586 e. The minimum Gasteiger partial charge on any atom is -0.378 e. The SMILES string of the molecule is CCOC1CC(c2cccc(Br)c2)C1.CN(N)O.[U]. The number of hydrazine groups is 1. The van der Waals surface area contributed by atoms with E-state index in [2.05, 4.69) is 53.0 Å². The Morgan fingerprint density at radius 2 is 2.05 bits per heavy atom. The molecule has 0 unspecified atom stereocenters. The van der Waals surface area contributed by atoms with Gasteiger partial charge in [-0.05, 0) is 43.4 Å². The van der Waals surface area contributed by atoms with Gasteiger partial charge in [-0.1, -0.05) is 28.1 Å². The Hall–Kier alpha value is 0.592. The van der Waals surface area contributed by atoms with Crippen molar-refractivity contribution in [1.82, 2.24) is 5.17 Å². The minimum absolute atomic E-state index is 0. The normalized spacial score (nSPS) is 20.9. The Balaban J connectivity index is 0.000000576. The smallest absolute Gasteiger partial charge is 0.0586 e. The standard InChI is InChI=1S/C12H15BrO.CH6N2O.U/c1-2-14-12-7-10(8-12)9-4-3-5-11(13)6-9;1-3(2)4;/h3-6,10,12H,2,7-8H2,1H3;4H,2H2,1H3;. The molecule has 0 radical (unpaired) electrons. The molecule has 0 saturated heterocycles. The van der Waals surface area contributed by atoms with Gasteiger partial charge in [-0.3, -0.25) is 5.21 Å². The Morgan fingerprint density at radius 1 is 1.47 bits per heavy atom. The molecule has 1 aromatic carbocycles. The van der Waals surface area contributed by atoms with Gasteiger partial charge in [-0.2, -0.15) is 0 Å². The first-order valence-corrected chi connectivity index (χ1v) is 6.86. The topological polar surface area (TPSA) is 58.7 Å². The van der Waals surface area contributed by atoms with Gasteiger partial charge in [0.1, 0.15) is 0 Å². The van der Waals surface area contributed by atoms with E-state index in [-0.39, 0.29) is 31.1 Å².